The number of fused-ring (bicyclic) bond motifs is 1. The van der Waals surface area contributed by atoms with Gasteiger partial charge in [-0.1, -0.05) is 24.3 Å². The van der Waals surface area contributed by atoms with Crippen LogP contribution in [0.3, 0.4) is 0 Å². The second kappa shape index (κ2) is 5.95. The maximum absolute atomic E-state index is 13.3. The number of aliphatic hydroxyl groups is 1. The van der Waals surface area contributed by atoms with Gasteiger partial charge in [0.05, 0.1) is 12.6 Å². The lowest BCUT2D eigenvalue weighted by Crippen LogP contribution is -2.45. The van der Waals surface area contributed by atoms with Crippen LogP contribution in [0.15, 0.2) is 24.3 Å². The van der Waals surface area contributed by atoms with Crippen LogP contribution in [-0.2, 0) is 11.2 Å². The predicted octanol–water partition coefficient (Wildman–Crippen LogP) is 2.93. The van der Waals surface area contributed by atoms with E-state index in [4.69, 9.17) is 0 Å². The molecule has 1 aromatic carbocycles. The predicted molar refractivity (Wildman–Crippen MR) is 78.6 cm³/mol. The van der Waals surface area contributed by atoms with E-state index in [1.54, 1.807) is 4.90 Å². The second-order valence-corrected chi connectivity index (χ2v) is 6.31. The molecule has 22 heavy (non-hydrogen) atoms. The molecular weight excluding hydrogens is 288 g/mol. The molecule has 3 nitrogen and oxygen atoms in total. The largest absolute Gasteiger partial charge is 0.394 e. The molecule has 2 aliphatic rings. The summed E-state index contributed by atoms with van der Waals surface area (Å²) in [6.07, 6.45) is 0.806. The lowest BCUT2D eigenvalue weighted by molar-refractivity contribution is -0.143. The van der Waals surface area contributed by atoms with Gasteiger partial charge in [-0.2, -0.15) is 0 Å². The Hall–Kier alpha value is -1.49. The summed E-state index contributed by atoms with van der Waals surface area (Å²) in [5.74, 6) is -3.04. The van der Waals surface area contributed by atoms with Crippen LogP contribution in [0, 0.1) is 5.92 Å². The molecule has 1 saturated carbocycles. The van der Waals surface area contributed by atoms with Crippen molar-refractivity contribution in [1.29, 1.82) is 0 Å². The van der Waals surface area contributed by atoms with Crippen molar-refractivity contribution in [3.05, 3.63) is 35.4 Å². The Morgan fingerprint density at radius 3 is 2.64 bits per heavy atom. The van der Waals surface area contributed by atoms with E-state index < -0.39 is 5.92 Å². The molecule has 3 rings (SSSR count). The first-order valence-corrected chi connectivity index (χ1v) is 7.89. The fourth-order valence-electron chi connectivity index (χ4n) is 3.63. The van der Waals surface area contributed by atoms with Crippen molar-refractivity contribution in [2.75, 3.05) is 13.2 Å². The van der Waals surface area contributed by atoms with Crippen molar-refractivity contribution in [2.24, 2.45) is 5.92 Å². The first-order chi connectivity index (χ1) is 10.5. The third-order valence-electron chi connectivity index (χ3n) is 4.93. The summed E-state index contributed by atoms with van der Waals surface area (Å²) in [7, 11) is 0. The van der Waals surface area contributed by atoms with Crippen molar-refractivity contribution in [3.8, 4) is 0 Å². The molecule has 120 valence electrons. The Kier molecular flexibility index (Phi) is 4.17. The second-order valence-electron chi connectivity index (χ2n) is 6.31. The van der Waals surface area contributed by atoms with Crippen LogP contribution < -0.4 is 0 Å². The number of amides is 1. The van der Waals surface area contributed by atoms with Gasteiger partial charge in [0.15, 0.2) is 0 Å². The third-order valence-corrected chi connectivity index (χ3v) is 4.93. The number of hydrogen-bond donors (Lipinski definition) is 1. The Balaban J connectivity index is 1.76. The lowest BCUT2D eigenvalue weighted by atomic mass is 9.84. The Bertz CT molecular complexity index is 551. The quantitative estimate of drug-likeness (QED) is 0.912. The van der Waals surface area contributed by atoms with E-state index in [1.807, 2.05) is 24.3 Å². The number of aliphatic hydroxyl groups excluding tert-OH is 1. The van der Waals surface area contributed by atoms with E-state index in [9.17, 15) is 18.7 Å². The van der Waals surface area contributed by atoms with Crippen LogP contribution in [0.2, 0.25) is 0 Å². The molecule has 0 spiro atoms. The summed E-state index contributed by atoms with van der Waals surface area (Å²) in [5, 5.41) is 9.72. The van der Waals surface area contributed by atoms with E-state index in [2.05, 4.69) is 0 Å². The fraction of sp³-hybridized carbons (Fsp3) is 0.588. The third kappa shape index (κ3) is 2.86. The van der Waals surface area contributed by atoms with Crippen LogP contribution in [0.5, 0.6) is 0 Å². The van der Waals surface area contributed by atoms with Gasteiger partial charge in [-0.3, -0.25) is 4.79 Å². The van der Waals surface area contributed by atoms with Gasteiger partial charge in [0.25, 0.3) is 0 Å². The molecule has 0 aromatic heterocycles. The molecule has 5 heteroatoms. The maximum atomic E-state index is 13.3. The summed E-state index contributed by atoms with van der Waals surface area (Å²) in [4.78, 5) is 14.4. The molecule has 1 N–H and O–H groups in total. The lowest BCUT2D eigenvalue weighted by Gasteiger charge is -2.39. The summed E-state index contributed by atoms with van der Waals surface area (Å²) in [6.45, 7) is 0.416. The van der Waals surface area contributed by atoms with Crippen molar-refractivity contribution in [2.45, 2.75) is 44.1 Å². The molecule has 0 bridgehead atoms. The molecule has 1 aromatic rings. The van der Waals surface area contributed by atoms with E-state index in [0.29, 0.717) is 6.54 Å². The molecule has 1 heterocycles. The fourth-order valence-corrected chi connectivity index (χ4v) is 3.63. The molecule has 1 atom stereocenters. The molecule has 1 aliphatic carbocycles. The number of carbonyl (C=O) groups is 1. The minimum Gasteiger partial charge on any atom is -0.394 e. The van der Waals surface area contributed by atoms with E-state index in [1.165, 1.54) is 0 Å². The number of halogens is 2. The highest BCUT2D eigenvalue weighted by molar-refractivity contribution is 5.80. The van der Waals surface area contributed by atoms with Gasteiger partial charge >= 0.3 is 0 Å². The van der Waals surface area contributed by atoms with Gasteiger partial charge in [-0.05, 0) is 30.4 Å². The van der Waals surface area contributed by atoms with E-state index in [0.717, 1.165) is 17.5 Å². The highest BCUT2D eigenvalue weighted by Gasteiger charge is 2.40. The summed E-state index contributed by atoms with van der Waals surface area (Å²) < 4.78 is 26.5. The van der Waals surface area contributed by atoms with Crippen LogP contribution >= 0.6 is 0 Å². The van der Waals surface area contributed by atoms with Gasteiger partial charge in [0.1, 0.15) is 0 Å². The Labute approximate surface area is 128 Å². The molecule has 1 amide bonds. The number of hydrogen-bond acceptors (Lipinski definition) is 2. The zero-order valence-electron chi connectivity index (χ0n) is 12.5. The zero-order chi connectivity index (χ0) is 15.7. The summed E-state index contributed by atoms with van der Waals surface area (Å²) in [6, 6.07) is 7.45. The Morgan fingerprint density at radius 2 is 1.95 bits per heavy atom. The Morgan fingerprint density at radius 1 is 1.27 bits per heavy atom. The molecule has 0 unspecified atom stereocenters. The average Bonchev–Trinajstić information content (AvgIpc) is 2.53. The SMILES string of the molecule is O=C(C1CCC(F)(F)CC1)N1CCc2ccccc2[C@H]1CO. The first kappa shape index (κ1) is 15.4. The summed E-state index contributed by atoms with van der Waals surface area (Å²) >= 11 is 0. The number of benzene rings is 1. The van der Waals surface area contributed by atoms with E-state index >= 15 is 0 Å². The minimum absolute atomic E-state index is 0.0796. The van der Waals surface area contributed by atoms with Crippen LogP contribution in [-0.4, -0.2) is 35.0 Å². The van der Waals surface area contributed by atoms with Gasteiger partial charge < -0.3 is 10.0 Å². The van der Waals surface area contributed by atoms with Gasteiger partial charge in [-0.25, -0.2) is 8.78 Å². The normalized spacial score (nSPS) is 24.9. The minimum atomic E-state index is -2.62. The number of nitrogens with zero attached hydrogens (tertiary/aromatic N) is 1. The first-order valence-electron chi connectivity index (χ1n) is 7.89. The zero-order valence-corrected chi connectivity index (χ0v) is 12.5. The van der Waals surface area contributed by atoms with Crippen molar-refractivity contribution >= 4 is 5.91 Å². The number of rotatable bonds is 2. The highest BCUT2D eigenvalue weighted by atomic mass is 19.3. The highest BCUT2D eigenvalue weighted by Crippen LogP contribution is 2.38. The van der Waals surface area contributed by atoms with E-state index in [-0.39, 0.29) is 50.2 Å². The van der Waals surface area contributed by atoms with Crippen molar-refractivity contribution in [1.82, 2.24) is 4.90 Å². The van der Waals surface area contributed by atoms with Crippen molar-refractivity contribution < 1.29 is 18.7 Å². The summed E-state index contributed by atoms with van der Waals surface area (Å²) in [5.41, 5.74) is 2.13. The topological polar surface area (TPSA) is 40.5 Å². The van der Waals surface area contributed by atoms with Crippen LogP contribution in [0.25, 0.3) is 0 Å². The van der Waals surface area contributed by atoms with Crippen LogP contribution in [0.1, 0.15) is 42.9 Å². The monoisotopic (exact) mass is 309 g/mol. The van der Waals surface area contributed by atoms with Gasteiger partial charge in [0.2, 0.25) is 11.8 Å². The van der Waals surface area contributed by atoms with Crippen molar-refractivity contribution in [3.63, 3.8) is 0 Å². The smallest absolute Gasteiger partial charge is 0.248 e. The van der Waals surface area contributed by atoms with Crippen LogP contribution in [0.4, 0.5) is 8.78 Å². The molecule has 1 aliphatic heterocycles. The van der Waals surface area contributed by atoms with Gasteiger partial charge in [0, 0.05) is 25.3 Å². The van der Waals surface area contributed by atoms with Gasteiger partial charge in [-0.15, -0.1) is 0 Å². The molecular formula is C17H21F2NO2. The standard InChI is InChI=1S/C17H21F2NO2/c18-17(19)8-5-13(6-9-17)16(22)20-10-7-12-3-1-2-4-14(12)15(20)11-21/h1-4,13,15,21H,5-11H2/t15-/m1/s1. The molecule has 0 saturated heterocycles. The molecule has 1 fully saturated rings. The molecule has 0 radical (unpaired) electrons. The number of carbonyl (C=O) groups excluding carboxylic acids is 1. The average molecular weight is 309 g/mol. The number of alkyl halides is 2. The maximum Gasteiger partial charge on any atom is 0.248 e.